The molecule has 0 saturated heterocycles. The van der Waals surface area contributed by atoms with Gasteiger partial charge < -0.3 is 5.11 Å². The van der Waals surface area contributed by atoms with Crippen molar-refractivity contribution in [2.45, 2.75) is 43.3 Å². The molecule has 1 amide bonds. The summed E-state index contributed by atoms with van der Waals surface area (Å²) in [5.74, 6) is -1.88. The Morgan fingerprint density at radius 1 is 1.38 bits per heavy atom. The molecule has 1 saturated carbocycles. The molecule has 3 rings (SSSR count). The van der Waals surface area contributed by atoms with E-state index in [0.29, 0.717) is 30.0 Å². The van der Waals surface area contributed by atoms with E-state index >= 15 is 0 Å². The molecule has 26 heavy (non-hydrogen) atoms. The lowest BCUT2D eigenvalue weighted by atomic mass is 9.80. The number of halogens is 4. The molecule has 0 aromatic heterocycles. The Balaban J connectivity index is 1.72. The zero-order valence-corrected chi connectivity index (χ0v) is 15.4. The highest BCUT2D eigenvalue weighted by atomic mass is 35.5. The van der Waals surface area contributed by atoms with Gasteiger partial charge in [0.2, 0.25) is 0 Å². The maximum Gasteiger partial charge on any atom is 0.439 e. The van der Waals surface area contributed by atoms with Gasteiger partial charge in [-0.25, -0.2) is 0 Å². The van der Waals surface area contributed by atoms with E-state index in [4.69, 9.17) is 11.6 Å². The number of benzene rings is 1. The Morgan fingerprint density at radius 2 is 2.12 bits per heavy atom. The summed E-state index contributed by atoms with van der Waals surface area (Å²) in [6.45, 7) is 0. The molecule has 1 aromatic rings. The van der Waals surface area contributed by atoms with Crippen molar-refractivity contribution in [2.75, 3.05) is 5.75 Å². The van der Waals surface area contributed by atoms with Crippen molar-refractivity contribution < 1.29 is 23.1 Å². The molecule has 1 aliphatic carbocycles. The van der Waals surface area contributed by atoms with Gasteiger partial charge in [0.05, 0.1) is 11.7 Å². The maximum absolute atomic E-state index is 13.6. The Morgan fingerprint density at radius 3 is 2.81 bits per heavy atom. The highest BCUT2D eigenvalue weighted by molar-refractivity contribution is 7.99. The summed E-state index contributed by atoms with van der Waals surface area (Å²) >= 11 is 7.17. The number of fused-ring (bicyclic) bond motifs is 1. The summed E-state index contributed by atoms with van der Waals surface area (Å²) in [7, 11) is 0. The van der Waals surface area contributed by atoms with Crippen molar-refractivity contribution in [1.29, 1.82) is 0 Å². The molecule has 0 unspecified atom stereocenters. The SMILES string of the molecule is O=C(CSCc1ccccc1Cl)N1N=C2CCCC[C@H]2[C@@]1(O)C(F)(F)F. The van der Waals surface area contributed by atoms with E-state index in [1.165, 1.54) is 0 Å². The van der Waals surface area contributed by atoms with Crippen LogP contribution in [0.2, 0.25) is 5.02 Å². The van der Waals surface area contributed by atoms with Crippen LogP contribution in [0, 0.1) is 5.92 Å². The molecular formula is C17H18ClF3N2O2S. The normalized spacial score (nSPS) is 25.8. The second-order valence-electron chi connectivity index (χ2n) is 6.40. The average molecular weight is 407 g/mol. The molecule has 1 aromatic carbocycles. The molecule has 0 spiro atoms. The molecule has 1 heterocycles. The number of hydrogen-bond donors (Lipinski definition) is 1. The largest absolute Gasteiger partial charge is 0.439 e. The zero-order valence-electron chi connectivity index (χ0n) is 13.8. The smallest absolute Gasteiger partial charge is 0.362 e. The Hall–Kier alpha value is -1.25. The van der Waals surface area contributed by atoms with Crippen LogP contribution in [0.1, 0.15) is 31.2 Å². The van der Waals surface area contributed by atoms with Crippen LogP contribution in [0.4, 0.5) is 13.2 Å². The second-order valence-corrected chi connectivity index (χ2v) is 7.80. The predicted octanol–water partition coefficient (Wildman–Crippen LogP) is 4.21. The van der Waals surface area contributed by atoms with Gasteiger partial charge in [0, 0.05) is 16.5 Å². The number of hydrogen-bond acceptors (Lipinski definition) is 4. The van der Waals surface area contributed by atoms with Crippen molar-refractivity contribution in [3.8, 4) is 0 Å². The van der Waals surface area contributed by atoms with Gasteiger partial charge >= 0.3 is 6.18 Å². The lowest BCUT2D eigenvalue weighted by molar-refractivity contribution is -0.316. The van der Waals surface area contributed by atoms with Crippen LogP contribution in [-0.4, -0.2) is 39.4 Å². The molecule has 1 fully saturated rings. The molecule has 0 bridgehead atoms. The molecule has 142 valence electrons. The monoisotopic (exact) mass is 406 g/mol. The number of alkyl halides is 3. The molecule has 0 radical (unpaired) electrons. The standard InChI is InChI=1S/C17H18ClF3N2O2S/c18-13-7-3-1-5-11(13)9-26-10-15(24)23-16(25,17(19,20)21)12-6-2-4-8-14(12)22-23/h1,3,5,7,12,25H,2,4,6,8-10H2/t12-,16-/m1/s1. The van der Waals surface area contributed by atoms with Gasteiger partial charge in [-0.2, -0.15) is 23.3 Å². The third kappa shape index (κ3) is 3.46. The number of nitrogens with zero attached hydrogens (tertiary/aromatic N) is 2. The number of hydrazone groups is 1. The second kappa shape index (κ2) is 7.40. The van der Waals surface area contributed by atoms with Gasteiger partial charge in [-0.15, -0.1) is 11.8 Å². The lowest BCUT2D eigenvalue weighted by Crippen LogP contribution is -2.61. The fraction of sp³-hybridized carbons (Fsp3) is 0.529. The summed E-state index contributed by atoms with van der Waals surface area (Å²) < 4.78 is 40.9. The van der Waals surface area contributed by atoms with Gasteiger partial charge in [-0.3, -0.25) is 4.79 Å². The third-order valence-electron chi connectivity index (χ3n) is 4.71. The fourth-order valence-electron chi connectivity index (χ4n) is 3.39. The fourth-order valence-corrected chi connectivity index (χ4v) is 4.54. The number of carbonyl (C=O) groups is 1. The Kier molecular flexibility index (Phi) is 5.55. The minimum atomic E-state index is -4.97. The van der Waals surface area contributed by atoms with E-state index < -0.39 is 23.7 Å². The van der Waals surface area contributed by atoms with Crippen molar-refractivity contribution in [3.05, 3.63) is 34.9 Å². The summed E-state index contributed by atoms with van der Waals surface area (Å²) in [4.78, 5) is 12.4. The first-order valence-corrected chi connectivity index (χ1v) is 9.79. The Labute approximate surface area is 158 Å². The molecule has 1 N–H and O–H groups in total. The van der Waals surface area contributed by atoms with Gasteiger partial charge in [-0.1, -0.05) is 36.2 Å². The first-order valence-electron chi connectivity index (χ1n) is 8.26. The van der Waals surface area contributed by atoms with Gasteiger partial charge in [0.1, 0.15) is 0 Å². The van der Waals surface area contributed by atoms with Crippen LogP contribution in [-0.2, 0) is 10.5 Å². The maximum atomic E-state index is 13.6. The van der Waals surface area contributed by atoms with Crippen LogP contribution in [0.3, 0.4) is 0 Å². The summed E-state index contributed by atoms with van der Waals surface area (Å²) in [6, 6.07) is 7.06. The van der Waals surface area contributed by atoms with Crippen LogP contribution in [0.25, 0.3) is 0 Å². The van der Waals surface area contributed by atoms with Crippen LogP contribution in [0.5, 0.6) is 0 Å². The summed E-state index contributed by atoms with van der Waals surface area (Å²) in [5, 5.41) is 15.1. The number of thioether (sulfide) groups is 1. The summed E-state index contributed by atoms with van der Waals surface area (Å²) in [6.07, 6.45) is -3.13. The molecule has 4 nitrogen and oxygen atoms in total. The van der Waals surface area contributed by atoms with E-state index in [9.17, 15) is 23.1 Å². The van der Waals surface area contributed by atoms with Gasteiger partial charge in [0.15, 0.2) is 0 Å². The number of rotatable bonds is 4. The van der Waals surface area contributed by atoms with E-state index in [0.717, 1.165) is 17.3 Å². The number of carbonyl (C=O) groups excluding carboxylic acids is 1. The molecule has 2 atom stereocenters. The minimum absolute atomic E-state index is 0.172. The van der Waals surface area contributed by atoms with E-state index in [2.05, 4.69) is 5.10 Å². The topological polar surface area (TPSA) is 52.9 Å². The minimum Gasteiger partial charge on any atom is -0.362 e. The molecule has 1 aliphatic heterocycles. The average Bonchev–Trinajstić information content (AvgIpc) is 2.91. The molecular weight excluding hydrogens is 389 g/mol. The predicted molar refractivity (Wildman–Crippen MR) is 94.9 cm³/mol. The molecule has 2 aliphatic rings. The first-order chi connectivity index (χ1) is 12.2. The lowest BCUT2D eigenvalue weighted by Gasteiger charge is -2.38. The van der Waals surface area contributed by atoms with E-state index in [1.54, 1.807) is 24.3 Å². The Bertz CT molecular complexity index is 728. The summed E-state index contributed by atoms with van der Waals surface area (Å²) in [5.41, 5.74) is -2.19. The number of aliphatic hydroxyl groups is 1. The number of amides is 1. The van der Waals surface area contributed by atoms with Crippen molar-refractivity contribution in [2.24, 2.45) is 11.0 Å². The van der Waals surface area contributed by atoms with Gasteiger partial charge in [-0.05, 0) is 30.9 Å². The van der Waals surface area contributed by atoms with Crippen LogP contribution < -0.4 is 0 Å². The van der Waals surface area contributed by atoms with E-state index in [1.807, 2.05) is 0 Å². The quantitative estimate of drug-likeness (QED) is 0.814. The van der Waals surface area contributed by atoms with E-state index in [-0.39, 0.29) is 22.9 Å². The van der Waals surface area contributed by atoms with Gasteiger partial charge in [0.25, 0.3) is 11.6 Å². The highest BCUT2D eigenvalue weighted by Crippen LogP contribution is 2.48. The van der Waals surface area contributed by atoms with Crippen LogP contribution >= 0.6 is 23.4 Å². The van der Waals surface area contributed by atoms with Crippen molar-refractivity contribution >= 4 is 35.0 Å². The van der Waals surface area contributed by atoms with Crippen molar-refractivity contribution in [3.63, 3.8) is 0 Å². The third-order valence-corrected chi connectivity index (χ3v) is 6.04. The molecule has 9 heteroatoms. The van der Waals surface area contributed by atoms with Crippen molar-refractivity contribution in [1.82, 2.24) is 5.01 Å². The highest BCUT2D eigenvalue weighted by Gasteiger charge is 2.68. The zero-order chi connectivity index (χ0) is 18.9. The first kappa shape index (κ1) is 19.5. The van der Waals surface area contributed by atoms with Crippen LogP contribution in [0.15, 0.2) is 29.4 Å².